The van der Waals surface area contributed by atoms with Crippen LogP contribution in [0, 0.1) is 6.92 Å². The molecule has 0 aliphatic heterocycles. The zero-order valence-electron chi connectivity index (χ0n) is 9.74. The van der Waals surface area contributed by atoms with Gasteiger partial charge in [-0.15, -0.1) is 0 Å². The van der Waals surface area contributed by atoms with E-state index in [2.05, 4.69) is 10.5 Å². The first-order valence-electron chi connectivity index (χ1n) is 5.32. The summed E-state index contributed by atoms with van der Waals surface area (Å²) in [5.41, 5.74) is 7.11. The second-order valence-corrected chi connectivity index (χ2v) is 4.20. The summed E-state index contributed by atoms with van der Waals surface area (Å²) < 4.78 is 4.98. The fraction of sp³-hybridized carbons (Fsp3) is 0.167. The number of benzene rings is 1. The highest BCUT2D eigenvalue weighted by Crippen LogP contribution is 2.22. The SMILES string of the molecule is Cc1cc(CNC(=O)c2cccc(N)c2Cl)on1. The monoisotopic (exact) mass is 265 g/mol. The zero-order valence-corrected chi connectivity index (χ0v) is 10.5. The number of hydrogen-bond acceptors (Lipinski definition) is 4. The standard InChI is InChI=1S/C12H12ClN3O2/c1-7-5-8(18-16-7)6-15-12(17)9-3-2-4-10(14)11(9)13/h2-5H,6,14H2,1H3,(H,15,17). The van der Waals surface area contributed by atoms with Crippen molar-refractivity contribution in [3.05, 3.63) is 46.3 Å². The topological polar surface area (TPSA) is 81.2 Å². The summed E-state index contributed by atoms with van der Waals surface area (Å²) in [6, 6.07) is 6.68. The Morgan fingerprint density at radius 1 is 1.56 bits per heavy atom. The molecule has 2 rings (SSSR count). The highest BCUT2D eigenvalue weighted by molar-refractivity contribution is 6.36. The summed E-state index contributed by atoms with van der Waals surface area (Å²) in [5.74, 6) is 0.280. The molecule has 6 heteroatoms. The third-order valence-electron chi connectivity index (χ3n) is 2.37. The maximum Gasteiger partial charge on any atom is 0.253 e. The number of nitrogen functional groups attached to an aromatic ring is 1. The predicted octanol–water partition coefficient (Wildman–Crippen LogP) is 2.15. The Labute approximate surface area is 109 Å². The van der Waals surface area contributed by atoms with Crippen molar-refractivity contribution in [2.75, 3.05) is 5.73 Å². The smallest absolute Gasteiger partial charge is 0.253 e. The number of nitrogens with one attached hydrogen (secondary N) is 1. The Hall–Kier alpha value is -2.01. The second-order valence-electron chi connectivity index (χ2n) is 3.83. The fourth-order valence-electron chi connectivity index (χ4n) is 1.49. The number of carbonyl (C=O) groups excluding carboxylic acids is 1. The van der Waals surface area contributed by atoms with E-state index in [1.54, 1.807) is 24.3 Å². The van der Waals surface area contributed by atoms with E-state index in [1.807, 2.05) is 6.92 Å². The van der Waals surface area contributed by atoms with Crippen LogP contribution in [0.2, 0.25) is 5.02 Å². The lowest BCUT2D eigenvalue weighted by Gasteiger charge is -2.06. The molecule has 5 nitrogen and oxygen atoms in total. The van der Waals surface area contributed by atoms with Gasteiger partial charge in [-0.25, -0.2) is 0 Å². The molecule has 94 valence electrons. The third kappa shape index (κ3) is 2.62. The van der Waals surface area contributed by atoms with E-state index in [-0.39, 0.29) is 17.5 Å². The lowest BCUT2D eigenvalue weighted by Crippen LogP contribution is -2.23. The minimum Gasteiger partial charge on any atom is -0.398 e. The minimum absolute atomic E-state index is 0.253. The summed E-state index contributed by atoms with van der Waals surface area (Å²) in [6.07, 6.45) is 0. The van der Waals surface area contributed by atoms with Crippen molar-refractivity contribution in [2.24, 2.45) is 0 Å². The molecule has 0 aliphatic carbocycles. The first-order valence-corrected chi connectivity index (χ1v) is 5.70. The molecule has 0 radical (unpaired) electrons. The molecular formula is C12H12ClN3O2. The first-order chi connectivity index (χ1) is 8.58. The number of nitrogens with zero attached hydrogens (tertiary/aromatic N) is 1. The molecule has 0 unspecified atom stereocenters. The van der Waals surface area contributed by atoms with Gasteiger partial charge in [0, 0.05) is 6.07 Å². The molecule has 1 amide bonds. The summed E-state index contributed by atoms with van der Waals surface area (Å²) >= 11 is 5.95. The van der Waals surface area contributed by atoms with Crippen molar-refractivity contribution in [3.63, 3.8) is 0 Å². The van der Waals surface area contributed by atoms with Crippen LogP contribution in [0.4, 0.5) is 5.69 Å². The number of aromatic nitrogens is 1. The fourth-order valence-corrected chi connectivity index (χ4v) is 1.70. The predicted molar refractivity (Wildman–Crippen MR) is 68.3 cm³/mol. The summed E-state index contributed by atoms with van der Waals surface area (Å²) in [4.78, 5) is 11.9. The Bertz CT molecular complexity index is 580. The molecule has 0 spiro atoms. The van der Waals surface area contributed by atoms with Crippen LogP contribution in [0.3, 0.4) is 0 Å². The third-order valence-corrected chi connectivity index (χ3v) is 2.79. The van der Waals surface area contributed by atoms with Gasteiger partial charge in [-0.1, -0.05) is 22.8 Å². The van der Waals surface area contributed by atoms with Gasteiger partial charge in [0.1, 0.15) is 0 Å². The number of aryl methyl sites for hydroxylation is 1. The van der Waals surface area contributed by atoms with E-state index < -0.39 is 0 Å². The Morgan fingerprint density at radius 3 is 3.00 bits per heavy atom. The molecule has 1 aromatic carbocycles. The molecule has 1 aromatic heterocycles. The Morgan fingerprint density at radius 2 is 2.33 bits per heavy atom. The number of nitrogens with two attached hydrogens (primary N) is 1. The van der Waals surface area contributed by atoms with Crippen molar-refractivity contribution < 1.29 is 9.32 Å². The lowest BCUT2D eigenvalue weighted by atomic mass is 10.2. The van der Waals surface area contributed by atoms with Crippen molar-refractivity contribution >= 4 is 23.2 Å². The van der Waals surface area contributed by atoms with Gasteiger partial charge in [0.15, 0.2) is 5.76 Å². The molecule has 0 saturated carbocycles. The molecular weight excluding hydrogens is 254 g/mol. The van der Waals surface area contributed by atoms with Gasteiger partial charge >= 0.3 is 0 Å². The van der Waals surface area contributed by atoms with Crippen LogP contribution in [0.25, 0.3) is 0 Å². The average Bonchev–Trinajstić information content (AvgIpc) is 2.76. The van der Waals surface area contributed by atoms with Crippen LogP contribution in [-0.4, -0.2) is 11.1 Å². The number of rotatable bonds is 3. The maximum absolute atomic E-state index is 11.9. The van der Waals surface area contributed by atoms with E-state index in [9.17, 15) is 4.79 Å². The highest BCUT2D eigenvalue weighted by Gasteiger charge is 2.12. The number of hydrogen-bond donors (Lipinski definition) is 2. The van der Waals surface area contributed by atoms with Gasteiger partial charge in [-0.3, -0.25) is 4.79 Å². The quantitative estimate of drug-likeness (QED) is 0.833. The van der Waals surface area contributed by atoms with Crippen LogP contribution in [0.1, 0.15) is 21.8 Å². The van der Waals surface area contributed by atoms with Crippen molar-refractivity contribution in [3.8, 4) is 0 Å². The molecule has 0 bridgehead atoms. The lowest BCUT2D eigenvalue weighted by molar-refractivity contribution is 0.0947. The average molecular weight is 266 g/mol. The number of amides is 1. The van der Waals surface area contributed by atoms with Crippen molar-refractivity contribution in [1.29, 1.82) is 0 Å². The number of carbonyl (C=O) groups is 1. The van der Waals surface area contributed by atoms with Gasteiger partial charge < -0.3 is 15.6 Å². The molecule has 1 heterocycles. The van der Waals surface area contributed by atoms with Crippen molar-refractivity contribution in [1.82, 2.24) is 10.5 Å². The number of anilines is 1. The zero-order chi connectivity index (χ0) is 13.1. The summed E-state index contributed by atoms with van der Waals surface area (Å²) in [6.45, 7) is 2.06. The van der Waals surface area contributed by atoms with Gasteiger partial charge in [0.25, 0.3) is 5.91 Å². The van der Waals surface area contributed by atoms with Crippen molar-refractivity contribution in [2.45, 2.75) is 13.5 Å². The normalized spacial score (nSPS) is 10.3. The van der Waals surface area contributed by atoms with Crippen LogP contribution < -0.4 is 11.1 Å². The second kappa shape index (κ2) is 5.10. The molecule has 0 saturated heterocycles. The molecule has 3 N–H and O–H groups in total. The van der Waals surface area contributed by atoms with E-state index in [4.69, 9.17) is 21.9 Å². The number of halogens is 1. The molecule has 0 atom stereocenters. The molecule has 18 heavy (non-hydrogen) atoms. The molecule has 0 fully saturated rings. The van der Waals surface area contributed by atoms with Gasteiger partial charge in [0.05, 0.1) is 28.5 Å². The van der Waals surface area contributed by atoms with Gasteiger partial charge in [0.2, 0.25) is 0 Å². The highest BCUT2D eigenvalue weighted by atomic mass is 35.5. The molecule has 0 aliphatic rings. The van der Waals surface area contributed by atoms with Crippen LogP contribution in [0.5, 0.6) is 0 Å². The Balaban J connectivity index is 2.06. The van der Waals surface area contributed by atoms with E-state index in [0.29, 0.717) is 17.0 Å². The minimum atomic E-state index is -0.304. The summed E-state index contributed by atoms with van der Waals surface area (Å²) in [5, 5.41) is 6.66. The Kier molecular flexibility index (Phi) is 3.53. The van der Waals surface area contributed by atoms with E-state index in [0.717, 1.165) is 5.69 Å². The largest absolute Gasteiger partial charge is 0.398 e. The van der Waals surface area contributed by atoms with Gasteiger partial charge in [-0.2, -0.15) is 0 Å². The summed E-state index contributed by atoms with van der Waals surface area (Å²) in [7, 11) is 0. The van der Waals surface area contributed by atoms with Crippen LogP contribution in [-0.2, 0) is 6.54 Å². The van der Waals surface area contributed by atoms with Gasteiger partial charge in [-0.05, 0) is 19.1 Å². The van der Waals surface area contributed by atoms with E-state index in [1.165, 1.54) is 0 Å². The first kappa shape index (κ1) is 12.4. The van der Waals surface area contributed by atoms with Crippen LogP contribution >= 0.6 is 11.6 Å². The van der Waals surface area contributed by atoms with Crippen LogP contribution in [0.15, 0.2) is 28.8 Å². The molecule has 2 aromatic rings. The maximum atomic E-state index is 11.9. The van der Waals surface area contributed by atoms with E-state index >= 15 is 0 Å².